The number of benzene rings is 1. The molecule has 0 saturated carbocycles. The predicted octanol–water partition coefficient (Wildman–Crippen LogP) is 4.68. The average Bonchev–Trinajstić information content (AvgIpc) is 3.05. The molecule has 0 spiro atoms. The van der Waals surface area contributed by atoms with Crippen molar-refractivity contribution in [3.8, 4) is 5.75 Å². The van der Waals surface area contributed by atoms with E-state index in [1.807, 2.05) is 34.6 Å². The van der Waals surface area contributed by atoms with Gasteiger partial charge in [0, 0.05) is 37.9 Å². The third-order valence-corrected chi connectivity index (χ3v) is 5.09. The van der Waals surface area contributed by atoms with Crippen LogP contribution in [0.4, 0.5) is 10.5 Å². The fourth-order valence-electron chi connectivity index (χ4n) is 3.54. The topological polar surface area (TPSA) is 111 Å². The maximum atomic E-state index is 12.2. The van der Waals surface area contributed by atoms with Gasteiger partial charge < -0.3 is 19.4 Å². The summed E-state index contributed by atoms with van der Waals surface area (Å²) in [5.41, 5.74) is 1.21. The maximum absolute atomic E-state index is 12.2. The highest BCUT2D eigenvalue weighted by atomic mass is 16.6. The lowest BCUT2D eigenvalue weighted by Crippen LogP contribution is -2.44. The van der Waals surface area contributed by atoms with Crippen molar-refractivity contribution in [2.24, 2.45) is 0 Å². The molecule has 164 valence electrons. The zero-order valence-corrected chi connectivity index (χ0v) is 18.4. The highest BCUT2D eigenvalue weighted by molar-refractivity contribution is 5.85. The van der Waals surface area contributed by atoms with Gasteiger partial charge in [-0.3, -0.25) is 10.1 Å². The van der Waals surface area contributed by atoms with Gasteiger partial charge in [0.25, 0.3) is 0 Å². The lowest BCUT2D eigenvalue weighted by molar-refractivity contribution is -0.386. The molecule has 9 heteroatoms. The van der Waals surface area contributed by atoms with Gasteiger partial charge in [0.2, 0.25) is 0 Å². The van der Waals surface area contributed by atoms with Crippen LogP contribution in [-0.2, 0) is 4.74 Å². The summed E-state index contributed by atoms with van der Waals surface area (Å²) in [6.45, 7) is 12.2. The van der Waals surface area contributed by atoms with Gasteiger partial charge in [-0.15, -0.1) is 0 Å². The molecule has 0 unspecified atom stereocenters. The number of nitro benzene ring substituents is 1. The van der Waals surface area contributed by atoms with Gasteiger partial charge in [0.1, 0.15) is 17.5 Å². The molecule has 1 aliphatic heterocycles. The van der Waals surface area contributed by atoms with Gasteiger partial charge in [-0.25, -0.2) is 9.78 Å². The minimum atomic E-state index is -0.545. The highest BCUT2D eigenvalue weighted by Gasteiger charge is 2.30. The first-order valence-corrected chi connectivity index (χ1v) is 10.3. The first kappa shape index (κ1) is 21.9. The van der Waals surface area contributed by atoms with E-state index in [2.05, 4.69) is 9.97 Å². The van der Waals surface area contributed by atoms with Crippen LogP contribution >= 0.6 is 0 Å². The standard InChI is InChI=1S/C21H30N4O5/c1-12(2)19-22-15-11-16(18(25(27)28)13(3)17(15)23-19)29-14-7-9-24(10-8-14)20(26)30-21(4,5)6/h11-12,14H,7-10H2,1-6H3,(H,22,23). The summed E-state index contributed by atoms with van der Waals surface area (Å²) in [4.78, 5) is 33.0. The first-order valence-electron chi connectivity index (χ1n) is 10.3. The number of ether oxygens (including phenoxy) is 2. The number of piperidine rings is 1. The van der Waals surface area contributed by atoms with E-state index in [0.29, 0.717) is 37.0 Å². The number of hydrogen-bond donors (Lipinski definition) is 1. The van der Waals surface area contributed by atoms with Gasteiger partial charge in [-0.1, -0.05) is 13.8 Å². The molecule has 1 aromatic heterocycles. The van der Waals surface area contributed by atoms with Crippen LogP contribution in [0.25, 0.3) is 11.0 Å². The van der Waals surface area contributed by atoms with E-state index in [9.17, 15) is 14.9 Å². The molecule has 2 aromatic rings. The van der Waals surface area contributed by atoms with Gasteiger partial charge in [0.05, 0.1) is 21.5 Å². The maximum Gasteiger partial charge on any atom is 0.410 e. The highest BCUT2D eigenvalue weighted by Crippen LogP contribution is 2.38. The number of amides is 1. The summed E-state index contributed by atoms with van der Waals surface area (Å²) < 4.78 is 11.5. The summed E-state index contributed by atoms with van der Waals surface area (Å²) in [5, 5.41) is 11.8. The summed E-state index contributed by atoms with van der Waals surface area (Å²) in [7, 11) is 0. The molecule has 0 radical (unpaired) electrons. The minimum Gasteiger partial charge on any atom is -0.483 e. The lowest BCUT2D eigenvalue weighted by Gasteiger charge is -2.33. The van der Waals surface area contributed by atoms with Gasteiger partial charge in [-0.2, -0.15) is 0 Å². The molecule has 0 bridgehead atoms. The molecule has 1 aliphatic rings. The van der Waals surface area contributed by atoms with Crippen LogP contribution in [0.3, 0.4) is 0 Å². The predicted molar refractivity (Wildman–Crippen MR) is 113 cm³/mol. The fourth-order valence-corrected chi connectivity index (χ4v) is 3.54. The third-order valence-electron chi connectivity index (χ3n) is 5.09. The molecule has 2 heterocycles. The Kier molecular flexibility index (Phi) is 5.92. The van der Waals surface area contributed by atoms with Crippen LogP contribution in [0.15, 0.2) is 6.07 Å². The number of fused-ring (bicyclic) bond motifs is 1. The zero-order valence-electron chi connectivity index (χ0n) is 18.4. The van der Waals surface area contributed by atoms with E-state index >= 15 is 0 Å². The number of aromatic nitrogens is 2. The van der Waals surface area contributed by atoms with Crippen molar-refractivity contribution in [1.82, 2.24) is 14.9 Å². The van der Waals surface area contributed by atoms with Crippen LogP contribution in [-0.4, -0.2) is 50.7 Å². The minimum absolute atomic E-state index is 0.0566. The normalized spacial score (nSPS) is 15.6. The number of aromatic amines is 1. The molecule has 1 aromatic carbocycles. The Balaban J connectivity index is 1.78. The van der Waals surface area contributed by atoms with Crippen molar-refractivity contribution >= 4 is 22.8 Å². The molecular weight excluding hydrogens is 388 g/mol. The number of carbonyl (C=O) groups excluding carboxylic acids is 1. The van der Waals surface area contributed by atoms with Gasteiger partial charge in [0.15, 0.2) is 5.75 Å². The number of nitro groups is 1. The molecular formula is C21H30N4O5. The van der Waals surface area contributed by atoms with E-state index in [1.165, 1.54) is 0 Å². The number of hydrogen-bond acceptors (Lipinski definition) is 6. The third kappa shape index (κ3) is 4.66. The molecule has 0 aliphatic carbocycles. The van der Waals surface area contributed by atoms with E-state index in [0.717, 1.165) is 11.3 Å². The Morgan fingerprint density at radius 1 is 1.33 bits per heavy atom. The molecule has 30 heavy (non-hydrogen) atoms. The average molecular weight is 418 g/mol. The van der Waals surface area contributed by atoms with E-state index in [4.69, 9.17) is 9.47 Å². The molecule has 1 saturated heterocycles. The second kappa shape index (κ2) is 8.12. The van der Waals surface area contributed by atoms with Crippen LogP contribution in [0, 0.1) is 17.0 Å². The monoisotopic (exact) mass is 418 g/mol. The quantitative estimate of drug-likeness (QED) is 0.570. The molecule has 9 nitrogen and oxygen atoms in total. The fraction of sp³-hybridized carbons (Fsp3) is 0.619. The number of nitrogens with zero attached hydrogens (tertiary/aromatic N) is 3. The van der Waals surface area contributed by atoms with Gasteiger partial charge in [-0.05, 0) is 27.7 Å². The number of H-pyrrole nitrogens is 1. The number of aryl methyl sites for hydroxylation is 1. The second-order valence-electron chi connectivity index (χ2n) is 9.06. The lowest BCUT2D eigenvalue weighted by atomic mass is 10.1. The SMILES string of the molecule is Cc1c([N+](=O)[O-])c(OC2CCN(C(=O)OC(C)(C)C)CC2)cc2[nH]c(C(C)C)nc12. The number of rotatable bonds is 4. The van der Waals surface area contributed by atoms with Crippen molar-refractivity contribution in [1.29, 1.82) is 0 Å². The van der Waals surface area contributed by atoms with Crippen LogP contribution in [0.2, 0.25) is 0 Å². The molecule has 1 fully saturated rings. The van der Waals surface area contributed by atoms with Crippen LogP contribution in [0.1, 0.15) is 64.8 Å². The number of nitrogens with one attached hydrogen (secondary N) is 1. The van der Waals surface area contributed by atoms with Crippen molar-refractivity contribution < 1.29 is 19.2 Å². The molecule has 0 atom stereocenters. The molecule has 1 amide bonds. The van der Waals surface area contributed by atoms with Crippen molar-refractivity contribution in [3.05, 3.63) is 27.6 Å². The smallest absolute Gasteiger partial charge is 0.410 e. The van der Waals surface area contributed by atoms with Crippen LogP contribution < -0.4 is 4.74 Å². The Bertz CT molecular complexity index is 952. The molecule has 1 N–H and O–H groups in total. The van der Waals surface area contributed by atoms with E-state index in [-0.39, 0.29) is 29.6 Å². The largest absolute Gasteiger partial charge is 0.483 e. The van der Waals surface area contributed by atoms with Gasteiger partial charge >= 0.3 is 11.8 Å². The van der Waals surface area contributed by atoms with Crippen molar-refractivity contribution in [2.45, 2.75) is 72.0 Å². The zero-order chi connectivity index (χ0) is 22.2. The van der Waals surface area contributed by atoms with E-state index < -0.39 is 10.5 Å². The summed E-state index contributed by atoms with van der Waals surface area (Å²) >= 11 is 0. The Morgan fingerprint density at radius 3 is 2.50 bits per heavy atom. The van der Waals surface area contributed by atoms with Crippen molar-refractivity contribution in [3.63, 3.8) is 0 Å². The van der Waals surface area contributed by atoms with E-state index in [1.54, 1.807) is 17.9 Å². The second-order valence-corrected chi connectivity index (χ2v) is 9.06. The van der Waals surface area contributed by atoms with Crippen molar-refractivity contribution in [2.75, 3.05) is 13.1 Å². The molecule has 3 rings (SSSR count). The van der Waals surface area contributed by atoms with Crippen LogP contribution in [0.5, 0.6) is 5.75 Å². The summed E-state index contributed by atoms with van der Waals surface area (Å²) in [5.74, 6) is 1.20. The first-order chi connectivity index (χ1) is 14.0. The number of imidazole rings is 1. The summed E-state index contributed by atoms with van der Waals surface area (Å²) in [6.07, 6.45) is 0.594. The summed E-state index contributed by atoms with van der Waals surface area (Å²) in [6, 6.07) is 1.67. The Hall–Kier alpha value is -2.84. The Morgan fingerprint density at radius 2 is 1.97 bits per heavy atom. The number of likely N-dealkylation sites (tertiary alicyclic amines) is 1. The Labute approximate surface area is 175 Å². The number of carbonyl (C=O) groups is 1.